The van der Waals surface area contributed by atoms with Gasteiger partial charge in [-0.05, 0) is 12.8 Å². The average molecular weight is 262 g/mol. The van der Waals surface area contributed by atoms with Gasteiger partial charge in [0.1, 0.15) is 0 Å². The van der Waals surface area contributed by atoms with Gasteiger partial charge in [-0.15, -0.1) is 0 Å². The molecule has 1 aliphatic rings. The molecule has 82 valence electrons. The summed E-state index contributed by atoms with van der Waals surface area (Å²) in [5.74, 6) is 0.450. The first kappa shape index (κ1) is 12.0. The number of rotatable bonds is 4. The SMILES string of the molecule is CC(C)C(=O)N(CCBr)C1CCCC1. The van der Waals surface area contributed by atoms with E-state index in [9.17, 15) is 4.79 Å². The molecular formula is C11H20BrNO. The maximum Gasteiger partial charge on any atom is 0.225 e. The van der Waals surface area contributed by atoms with Gasteiger partial charge in [-0.3, -0.25) is 4.79 Å². The molecule has 0 spiro atoms. The number of hydrogen-bond acceptors (Lipinski definition) is 1. The number of carbonyl (C=O) groups excluding carboxylic acids is 1. The fourth-order valence-corrected chi connectivity index (χ4v) is 2.49. The van der Waals surface area contributed by atoms with E-state index in [4.69, 9.17) is 0 Å². The first-order chi connectivity index (χ1) is 6.66. The highest BCUT2D eigenvalue weighted by atomic mass is 79.9. The molecule has 0 N–H and O–H groups in total. The Morgan fingerprint density at radius 2 is 2.00 bits per heavy atom. The third kappa shape index (κ3) is 2.97. The van der Waals surface area contributed by atoms with E-state index in [0.29, 0.717) is 11.9 Å². The summed E-state index contributed by atoms with van der Waals surface area (Å²) >= 11 is 3.42. The van der Waals surface area contributed by atoms with E-state index in [-0.39, 0.29) is 5.92 Å². The van der Waals surface area contributed by atoms with Gasteiger partial charge in [0.25, 0.3) is 0 Å². The van der Waals surface area contributed by atoms with E-state index in [1.807, 2.05) is 13.8 Å². The van der Waals surface area contributed by atoms with Crippen LogP contribution in [-0.2, 0) is 4.79 Å². The van der Waals surface area contributed by atoms with Crippen molar-refractivity contribution in [3.05, 3.63) is 0 Å². The van der Waals surface area contributed by atoms with Crippen molar-refractivity contribution in [2.24, 2.45) is 5.92 Å². The molecular weight excluding hydrogens is 242 g/mol. The van der Waals surface area contributed by atoms with Gasteiger partial charge in [-0.1, -0.05) is 42.6 Å². The van der Waals surface area contributed by atoms with Crippen LogP contribution in [0.3, 0.4) is 0 Å². The van der Waals surface area contributed by atoms with E-state index in [0.717, 1.165) is 11.9 Å². The number of hydrogen-bond donors (Lipinski definition) is 0. The van der Waals surface area contributed by atoms with Crippen molar-refractivity contribution < 1.29 is 4.79 Å². The third-order valence-electron chi connectivity index (χ3n) is 2.87. The molecule has 0 aromatic heterocycles. The molecule has 0 unspecified atom stereocenters. The minimum absolute atomic E-state index is 0.134. The second-order valence-electron chi connectivity index (χ2n) is 4.31. The quantitative estimate of drug-likeness (QED) is 0.713. The van der Waals surface area contributed by atoms with Gasteiger partial charge < -0.3 is 4.90 Å². The number of amides is 1. The van der Waals surface area contributed by atoms with Gasteiger partial charge in [-0.2, -0.15) is 0 Å². The third-order valence-corrected chi connectivity index (χ3v) is 3.22. The molecule has 1 aliphatic carbocycles. The average Bonchev–Trinajstić information content (AvgIpc) is 2.65. The van der Waals surface area contributed by atoms with Gasteiger partial charge >= 0.3 is 0 Å². The molecule has 1 amide bonds. The predicted octanol–water partition coefficient (Wildman–Crippen LogP) is 2.81. The van der Waals surface area contributed by atoms with Gasteiger partial charge in [0.05, 0.1) is 0 Å². The van der Waals surface area contributed by atoms with Gasteiger partial charge in [0, 0.05) is 23.8 Å². The molecule has 0 aromatic rings. The fourth-order valence-electron chi connectivity index (χ4n) is 2.11. The highest BCUT2D eigenvalue weighted by molar-refractivity contribution is 9.09. The van der Waals surface area contributed by atoms with Crippen molar-refractivity contribution in [3.63, 3.8) is 0 Å². The zero-order valence-electron chi connectivity index (χ0n) is 9.13. The molecule has 0 aliphatic heterocycles. The Labute approximate surface area is 95.2 Å². The van der Waals surface area contributed by atoms with E-state index < -0.39 is 0 Å². The Morgan fingerprint density at radius 3 is 2.43 bits per heavy atom. The maximum absolute atomic E-state index is 11.9. The lowest BCUT2D eigenvalue weighted by Gasteiger charge is -2.30. The Kier molecular flexibility index (Phi) is 4.93. The van der Waals surface area contributed by atoms with Crippen LogP contribution in [-0.4, -0.2) is 28.7 Å². The minimum atomic E-state index is 0.134. The fraction of sp³-hybridized carbons (Fsp3) is 0.909. The molecule has 1 fully saturated rings. The molecule has 0 bridgehead atoms. The summed E-state index contributed by atoms with van der Waals surface area (Å²) in [5, 5.41) is 0.891. The monoisotopic (exact) mass is 261 g/mol. The van der Waals surface area contributed by atoms with Crippen molar-refractivity contribution >= 4 is 21.8 Å². The smallest absolute Gasteiger partial charge is 0.225 e. The van der Waals surface area contributed by atoms with Crippen LogP contribution in [0, 0.1) is 5.92 Å². The van der Waals surface area contributed by atoms with Crippen LogP contribution in [0.5, 0.6) is 0 Å². The van der Waals surface area contributed by atoms with E-state index in [1.54, 1.807) is 0 Å². The van der Waals surface area contributed by atoms with Crippen LogP contribution >= 0.6 is 15.9 Å². The molecule has 0 radical (unpaired) electrons. The van der Waals surface area contributed by atoms with Gasteiger partial charge in [0.15, 0.2) is 0 Å². The van der Waals surface area contributed by atoms with Crippen molar-refractivity contribution in [3.8, 4) is 0 Å². The Morgan fingerprint density at radius 1 is 1.43 bits per heavy atom. The summed E-state index contributed by atoms with van der Waals surface area (Å²) in [6.45, 7) is 4.83. The van der Waals surface area contributed by atoms with Crippen LogP contribution in [0.15, 0.2) is 0 Å². The topological polar surface area (TPSA) is 20.3 Å². The molecule has 0 atom stereocenters. The standard InChI is InChI=1S/C11H20BrNO/c1-9(2)11(14)13(8-7-12)10-5-3-4-6-10/h9-10H,3-8H2,1-2H3. The van der Waals surface area contributed by atoms with Crippen LogP contribution < -0.4 is 0 Å². The second kappa shape index (κ2) is 5.74. The summed E-state index contributed by atoms with van der Waals surface area (Å²) in [7, 11) is 0. The zero-order chi connectivity index (χ0) is 10.6. The summed E-state index contributed by atoms with van der Waals surface area (Å²) in [5.41, 5.74) is 0. The Bertz CT molecular complexity index is 188. The molecule has 1 saturated carbocycles. The highest BCUT2D eigenvalue weighted by Gasteiger charge is 2.27. The normalized spacial score (nSPS) is 17.7. The lowest BCUT2D eigenvalue weighted by Crippen LogP contribution is -2.42. The number of alkyl halides is 1. The molecule has 1 rings (SSSR count). The van der Waals surface area contributed by atoms with E-state index in [2.05, 4.69) is 20.8 Å². The molecule has 3 heteroatoms. The summed E-state index contributed by atoms with van der Waals surface area (Å²) in [6.07, 6.45) is 4.97. The predicted molar refractivity (Wildman–Crippen MR) is 62.6 cm³/mol. The van der Waals surface area contributed by atoms with Crippen molar-refractivity contribution in [2.45, 2.75) is 45.6 Å². The largest absolute Gasteiger partial charge is 0.339 e. The van der Waals surface area contributed by atoms with Crippen LogP contribution in [0.4, 0.5) is 0 Å². The van der Waals surface area contributed by atoms with Crippen LogP contribution in [0.2, 0.25) is 0 Å². The van der Waals surface area contributed by atoms with E-state index >= 15 is 0 Å². The molecule has 0 aromatic carbocycles. The first-order valence-electron chi connectivity index (χ1n) is 5.53. The van der Waals surface area contributed by atoms with Crippen molar-refractivity contribution in [1.82, 2.24) is 4.90 Å². The minimum Gasteiger partial charge on any atom is -0.339 e. The van der Waals surface area contributed by atoms with Crippen molar-refractivity contribution in [1.29, 1.82) is 0 Å². The van der Waals surface area contributed by atoms with E-state index in [1.165, 1.54) is 25.7 Å². The highest BCUT2D eigenvalue weighted by Crippen LogP contribution is 2.24. The zero-order valence-corrected chi connectivity index (χ0v) is 10.7. The van der Waals surface area contributed by atoms with Crippen LogP contribution in [0.1, 0.15) is 39.5 Å². The number of carbonyl (C=O) groups is 1. The molecule has 14 heavy (non-hydrogen) atoms. The van der Waals surface area contributed by atoms with Gasteiger partial charge in [0.2, 0.25) is 5.91 Å². The second-order valence-corrected chi connectivity index (χ2v) is 5.11. The summed E-state index contributed by atoms with van der Waals surface area (Å²) in [6, 6.07) is 0.516. The van der Waals surface area contributed by atoms with Crippen LogP contribution in [0.25, 0.3) is 0 Å². The van der Waals surface area contributed by atoms with Crippen molar-refractivity contribution in [2.75, 3.05) is 11.9 Å². The number of nitrogens with zero attached hydrogens (tertiary/aromatic N) is 1. The molecule has 0 saturated heterocycles. The lowest BCUT2D eigenvalue weighted by molar-refractivity contribution is -0.136. The lowest BCUT2D eigenvalue weighted by atomic mass is 10.1. The molecule has 2 nitrogen and oxygen atoms in total. The maximum atomic E-state index is 11.9. The molecule has 0 heterocycles. The number of halogens is 1. The Hall–Kier alpha value is -0.0500. The first-order valence-corrected chi connectivity index (χ1v) is 6.65. The summed E-state index contributed by atoms with van der Waals surface area (Å²) in [4.78, 5) is 14.0. The van der Waals surface area contributed by atoms with Gasteiger partial charge in [-0.25, -0.2) is 0 Å². The Balaban J connectivity index is 2.57. The summed E-state index contributed by atoms with van der Waals surface area (Å²) < 4.78 is 0.